The van der Waals surface area contributed by atoms with Crippen LogP contribution in [0.1, 0.15) is 18.4 Å². The van der Waals surface area contributed by atoms with E-state index in [1.807, 2.05) is 0 Å². The van der Waals surface area contributed by atoms with Gasteiger partial charge in [-0.1, -0.05) is 0 Å². The number of hydrogen-bond donors (Lipinski definition) is 0. The van der Waals surface area contributed by atoms with Gasteiger partial charge in [-0.15, -0.1) is 0 Å². The van der Waals surface area contributed by atoms with Gasteiger partial charge < -0.3 is 18.5 Å². The summed E-state index contributed by atoms with van der Waals surface area (Å²) in [6, 6.07) is 2.79. The first-order chi connectivity index (χ1) is 10.4. The third-order valence-electron chi connectivity index (χ3n) is 3.46. The lowest BCUT2D eigenvalue weighted by molar-refractivity contribution is -0.150. The molecule has 0 bridgehead atoms. The third-order valence-corrected chi connectivity index (χ3v) is 3.46. The van der Waals surface area contributed by atoms with Crippen LogP contribution in [-0.4, -0.2) is 42.0 Å². The normalized spacial score (nSPS) is 12.0. The monoisotopic (exact) mass is 306 g/mol. The molecule has 1 unspecified atom stereocenters. The molecule has 22 heavy (non-hydrogen) atoms. The molecule has 118 valence electrons. The number of likely N-dealkylation sites (N-methyl/N-ethyl adjacent to an activating group) is 1. The maximum atomic E-state index is 12.2. The standard InChI is InChI=1S/C15H18N2O5/c1-9(15(19)20-4)17(3)13(18)8-11-10(2)22-14(16-11)12-6-5-7-21-12/h5-7,9H,8H2,1-4H3. The molecule has 0 aliphatic carbocycles. The van der Waals surface area contributed by atoms with E-state index in [4.69, 9.17) is 8.83 Å². The highest BCUT2D eigenvalue weighted by Crippen LogP contribution is 2.22. The number of carbonyl (C=O) groups is 2. The minimum atomic E-state index is -0.658. The number of oxazole rings is 1. The van der Waals surface area contributed by atoms with Crippen molar-refractivity contribution < 1.29 is 23.2 Å². The summed E-state index contributed by atoms with van der Waals surface area (Å²) in [5.74, 6) is 0.648. The Morgan fingerprint density at radius 3 is 2.77 bits per heavy atom. The van der Waals surface area contributed by atoms with Crippen LogP contribution in [-0.2, 0) is 20.7 Å². The summed E-state index contributed by atoms with van der Waals surface area (Å²) in [6.45, 7) is 3.33. The molecule has 0 radical (unpaired) electrons. The topological polar surface area (TPSA) is 85.8 Å². The van der Waals surface area contributed by atoms with Crippen LogP contribution in [0, 0.1) is 6.92 Å². The Hall–Kier alpha value is -2.57. The largest absolute Gasteiger partial charge is 0.467 e. The number of rotatable bonds is 5. The molecule has 2 aromatic heterocycles. The van der Waals surface area contributed by atoms with Gasteiger partial charge >= 0.3 is 5.97 Å². The van der Waals surface area contributed by atoms with Crippen LogP contribution in [0.25, 0.3) is 11.7 Å². The molecule has 7 nitrogen and oxygen atoms in total. The van der Waals surface area contributed by atoms with E-state index in [2.05, 4.69) is 9.72 Å². The van der Waals surface area contributed by atoms with Crippen molar-refractivity contribution in [3.63, 3.8) is 0 Å². The second kappa shape index (κ2) is 6.46. The van der Waals surface area contributed by atoms with E-state index in [9.17, 15) is 9.59 Å². The number of carbonyl (C=O) groups excluding carboxylic acids is 2. The Morgan fingerprint density at radius 2 is 2.18 bits per heavy atom. The Bertz CT molecular complexity index is 660. The summed E-state index contributed by atoms with van der Waals surface area (Å²) in [7, 11) is 2.83. The molecule has 2 rings (SSSR count). The van der Waals surface area contributed by atoms with E-state index in [0.717, 1.165) is 0 Å². The van der Waals surface area contributed by atoms with Gasteiger partial charge in [-0.3, -0.25) is 4.79 Å². The summed E-state index contributed by atoms with van der Waals surface area (Å²) < 4.78 is 15.3. The zero-order chi connectivity index (χ0) is 16.3. The maximum absolute atomic E-state index is 12.2. The molecule has 2 heterocycles. The Kier molecular flexibility index (Phi) is 4.65. The minimum Gasteiger partial charge on any atom is -0.467 e. The van der Waals surface area contributed by atoms with Crippen molar-refractivity contribution in [3.8, 4) is 11.7 Å². The second-order valence-electron chi connectivity index (χ2n) is 4.88. The predicted octanol–water partition coefficient (Wildman–Crippen LogP) is 1.81. The minimum absolute atomic E-state index is 0.0356. The number of aryl methyl sites for hydroxylation is 1. The molecule has 2 aromatic rings. The average Bonchev–Trinajstić information content (AvgIpc) is 3.15. The number of esters is 1. The Morgan fingerprint density at radius 1 is 1.45 bits per heavy atom. The summed E-state index contributed by atoms with van der Waals surface area (Å²) in [6.07, 6.45) is 1.55. The molecule has 0 saturated carbocycles. The summed E-state index contributed by atoms with van der Waals surface area (Å²) in [4.78, 5) is 29.3. The molecule has 0 N–H and O–H groups in total. The lowest BCUT2D eigenvalue weighted by atomic mass is 10.2. The van der Waals surface area contributed by atoms with Crippen LogP contribution in [0.15, 0.2) is 27.2 Å². The molecule has 1 atom stereocenters. The van der Waals surface area contributed by atoms with Crippen LogP contribution in [0.5, 0.6) is 0 Å². The first-order valence-electron chi connectivity index (χ1n) is 6.77. The molecular weight excluding hydrogens is 288 g/mol. The number of nitrogens with zero attached hydrogens (tertiary/aromatic N) is 2. The molecule has 0 aromatic carbocycles. The van der Waals surface area contributed by atoms with Crippen molar-refractivity contribution in [1.29, 1.82) is 0 Å². The van der Waals surface area contributed by atoms with Crippen molar-refractivity contribution >= 4 is 11.9 Å². The fraction of sp³-hybridized carbons (Fsp3) is 0.400. The molecule has 0 fully saturated rings. The first-order valence-corrected chi connectivity index (χ1v) is 6.77. The van der Waals surface area contributed by atoms with Crippen LogP contribution < -0.4 is 0 Å². The van der Waals surface area contributed by atoms with Gasteiger partial charge in [-0.05, 0) is 26.0 Å². The highest BCUT2D eigenvalue weighted by Gasteiger charge is 2.25. The van der Waals surface area contributed by atoms with E-state index in [0.29, 0.717) is 23.1 Å². The highest BCUT2D eigenvalue weighted by atomic mass is 16.5. The molecule has 0 spiro atoms. The summed E-state index contributed by atoms with van der Waals surface area (Å²) >= 11 is 0. The Labute approximate surface area is 127 Å². The zero-order valence-electron chi connectivity index (χ0n) is 13.0. The quantitative estimate of drug-likeness (QED) is 0.783. The molecule has 1 amide bonds. The fourth-order valence-electron chi connectivity index (χ4n) is 1.91. The fourth-order valence-corrected chi connectivity index (χ4v) is 1.91. The average molecular weight is 306 g/mol. The SMILES string of the molecule is COC(=O)C(C)N(C)C(=O)Cc1nc(-c2ccco2)oc1C. The predicted molar refractivity (Wildman–Crippen MR) is 76.9 cm³/mol. The van der Waals surface area contributed by atoms with Crippen molar-refractivity contribution in [2.45, 2.75) is 26.3 Å². The lowest BCUT2D eigenvalue weighted by Gasteiger charge is -2.22. The van der Waals surface area contributed by atoms with Gasteiger partial charge in [-0.2, -0.15) is 0 Å². The summed E-state index contributed by atoms with van der Waals surface area (Å²) in [5.41, 5.74) is 0.514. The van der Waals surface area contributed by atoms with Gasteiger partial charge in [0.2, 0.25) is 5.91 Å². The second-order valence-corrected chi connectivity index (χ2v) is 4.88. The van der Waals surface area contributed by atoms with Crippen molar-refractivity contribution in [1.82, 2.24) is 9.88 Å². The number of aromatic nitrogens is 1. The highest BCUT2D eigenvalue weighted by molar-refractivity contribution is 5.85. The first kappa shape index (κ1) is 15.8. The van der Waals surface area contributed by atoms with Gasteiger partial charge in [0, 0.05) is 7.05 Å². The van der Waals surface area contributed by atoms with Gasteiger partial charge in [0.25, 0.3) is 5.89 Å². The van der Waals surface area contributed by atoms with E-state index < -0.39 is 12.0 Å². The van der Waals surface area contributed by atoms with Gasteiger partial charge in [0.05, 0.1) is 25.5 Å². The maximum Gasteiger partial charge on any atom is 0.328 e. The molecule has 0 aliphatic heterocycles. The number of furan rings is 1. The van der Waals surface area contributed by atoms with Crippen LogP contribution in [0.4, 0.5) is 0 Å². The van der Waals surface area contributed by atoms with E-state index >= 15 is 0 Å². The number of hydrogen-bond acceptors (Lipinski definition) is 6. The van der Waals surface area contributed by atoms with Crippen LogP contribution >= 0.6 is 0 Å². The number of ether oxygens (including phenoxy) is 1. The smallest absolute Gasteiger partial charge is 0.328 e. The van der Waals surface area contributed by atoms with Crippen molar-refractivity contribution in [2.75, 3.05) is 14.2 Å². The number of amides is 1. The van der Waals surface area contributed by atoms with Crippen LogP contribution in [0.3, 0.4) is 0 Å². The van der Waals surface area contributed by atoms with E-state index in [1.54, 1.807) is 33.0 Å². The molecular formula is C15H18N2O5. The molecule has 7 heteroatoms. The van der Waals surface area contributed by atoms with Gasteiger partial charge in [-0.25, -0.2) is 9.78 Å². The molecule has 0 aliphatic rings. The van der Waals surface area contributed by atoms with Crippen molar-refractivity contribution in [2.24, 2.45) is 0 Å². The molecule has 0 saturated heterocycles. The summed E-state index contributed by atoms with van der Waals surface area (Å²) in [5, 5.41) is 0. The van der Waals surface area contributed by atoms with Gasteiger partial charge in [0.1, 0.15) is 11.8 Å². The zero-order valence-corrected chi connectivity index (χ0v) is 13.0. The number of methoxy groups -OCH3 is 1. The van der Waals surface area contributed by atoms with E-state index in [-0.39, 0.29) is 12.3 Å². The van der Waals surface area contributed by atoms with Gasteiger partial charge in [0.15, 0.2) is 5.76 Å². The third kappa shape index (κ3) is 3.19. The van der Waals surface area contributed by atoms with Crippen LogP contribution in [0.2, 0.25) is 0 Å². The van der Waals surface area contributed by atoms with E-state index in [1.165, 1.54) is 18.3 Å². The lowest BCUT2D eigenvalue weighted by Crippen LogP contribution is -2.41. The Balaban J connectivity index is 2.10. The van der Waals surface area contributed by atoms with Crippen molar-refractivity contribution in [3.05, 3.63) is 29.9 Å².